The fourth-order valence-corrected chi connectivity index (χ4v) is 3.24. The van der Waals surface area contributed by atoms with Crippen molar-refractivity contribution in [3.8, 4) is 11.5 Å². The maximum absolute atomic E-state index is 15.2. The van der Waals surface area contributed by atoms with Crippen LogP contribution in [0.3, 0.4) is 0 Å². The minimum Gasteiger partial charge on any atom is -0.451 e. The van der Waals surface area contributed by atoms with Gasteiger partial charge in [-0.05, 0) is 32.0 Å². The molecule has 0 saturated heterocycles. The van der Waals surface area contributed by atoms with Crippen LogP contribution in [0.4, 0.5) is 28.9 Å². The molecule has 4 aromatic rings. The van der Waals surface area contributed by atoms with Crippen molar-refractivity contribution in [1.29, 1.82) is 0 Å². The molecule has 0 aliphatic rings. The molecule has 2 aromatic heterocycles. The quantitative estimate of drug-likeness (QED) is 0.398. The maximum atomic E-state index is 15.2. The molecule has 0 atom stereocenters. The molecule has 0 spiro atoms. The lowest BCUT2D eigenvalue weighted by atomic mass is 10.1. The number of rotatable bonds is 6. The number of ether oxygens (including phenoxy) is 1. The number of hydrogen-bond acceptors (Lipinski definition) is 5. The van der Waals surface area contributed by atoms with Crippen LogP contribution in [0.25, 0.3) is 11.0 Å². The van der Waals surface area contributed by atoms with E-state index in [-0.39, 0.29) is 12.2 Å². The zero-order valence-electron chi connectivity index (χ0n) is 17.0. The number of hydrogen-bond donors (Lipinski definition) is 2. The van der Waals surface area contributed by atoms with Gasteiger partial charge in [0.05, 0.1) is 35.1 Å². The molecule has 6 nitrogen and oxygen atoms in total. The van der Waals surface area contributed by atoms with E-state index < -0.39 is 40.4 Å². The number of aromatic nitrogens is 3. The van der Waals surface area contributed by atoms with Crippen LogP contribution in [-0.4, -0.2) is 32.4 Å². The topological polar surface area (TPSA) is 74.3 Å². The van der Waals surface area contributed by atoms with Crippen LogP contribution in [0.2, 0.25) is 0 Å². The summed E-state index contributed by atoms with van der Waals surface area (Å²) >= 11 is 0. The summed E-state index contributed by atoms with van der Waals surface area (Å²) in [5.74, 6) is -4.80. The predicted molar refractivity (Wildman–Crippen MR) is 110 cm³/mol. The zero-order valence-corrected chi connectivity index (χ0v) is 17.0. The third-order valence-corrected chi connectivity index (χ3v) is 4.57. The Hall–Kier alpha value is -3.66. The number of aliphatic hydroxyl groups is 1. The average Bonchev–Trinajstić information content (AvgIpc) is 3.19. The third kappa shape index (κ3) is 4.35. The predicted octanol–water partition coefficient (Wildman–Crippen LogP) is 5.22. The molecule has 166 valence electrons. The van der Waals surface area contributed by atoms with Gasteiger partial charge in [0.1, 0.15) is 5.82 Å². The summed E-state index contributed by atoms with van der Waals surface area (Å²) in [5.41, 5.74) is -0.613. The van der Waals surface area contributed by atoms with Crippen molar-refractivity contribution in [2.75, 3.05) is 11.4 Å². The molecule has 0 fully saturated rings. The first-order chi connectivity index (χ1) is 15.1. The Balaban J connectivity index is 1.78. The Morgan fingerprint density at radius 2 is 1.72 bits per heavy atom. The summed E-state index contributed by atoms with van der Waals surface area (Å²) in [6, 6.07) is 5.71. The number of benzene rings is 2. The minimum absolute atomic E-state index is 0.0968. The maximum Gasteiger partial charge on any atom is 0.168 e. The molecule has 0 saturated carbocycles. The van der Waals surface area contributed by atoms with Crippen molar-refractivity contribution in [3.63, 3.8) is 0 Å². The SMILES string of the molecule is CC(C)(O)CN(c1cc(F)c(Oc2ccc(F)cc2F)cc1F)c1ccnc2[nH]ncc12. The van der Waals surface area contributed by atoms with Gasteiger partial charge in [0, 0.05) is 24.4 Å². The van der Waals surface area contributed by atoms with Gasteiger partial charge in [-0.2, -0.15) is 5.10 Å². The summed E-state index contributed by atoms with van der Waals surface area (Å²) < 4.78 is 62.1. The molecule has 0 bridgehead atoms. The van der Waals surface area contributed by atoms with Crippen LogP contribution >= 0.6 is 0 Å². The lowest BCUT2D eigenvalue weighted by Crippen LogP contribution is -2.36. The molecule has 32 heavy (non-hydrogen) atoms. The molecule has 2 aromatic carbocycles. The highest BCUT2D eigenvalue weighted by Crippen LogP contribution is 2.37. The van der Waals surface area contributed by atoms with E-state index in [0.29, 0.717) is 22.8 Å². The van der Waals surface area contributed by atoms with Gasteiger partial charge < -0.3 is 14.7 Å². The van der Waals surface area contributed by atoms with Gasteiger partial charge >= 0.3 is 0 Å². The number of nitrogens with one attached hydrogen (secondary N) is 1. The van der Waals surface area contributed by atoms with Crippen molar-refractivity contribution in [1.82, 2.24) is 15.2 Å². The summed E-state index contributed by atoms with van der Waals surface area (Å²) in [4.78, 5) is 5.52. The minimum atomic E-state index is -1.28. The second-order valence-electron chi connectivity index (χ2n) is 7.77. The number of aromatic amines is 1. The molecule has 0 unspecified atom stereocenters. The fraction of sp³-hybridized carbons (Fsp3) is 0.182. The van der Waals surface area contributed by atoms with Crippen molar-refractivity contribution in [2.45, 2.75) is 19.4 Å². The lowest BCUT2D eigenvalue weighted by Gasteiger charge is -2.31. The zero-order chi connectivity index (χ0) is 23.0. The highest BCUT2D eigenvalue weighted by Gasteiger charge is 2.26. The highest BCUT2D eigenvalue weighted by molar-refractivity contribution is 5.91. The van der Waals surface area contributed by atoms with Gasteiger partial charge in [0.15, 0.2) is 34.6 Å². The lowest BCUT2D eigenvalue weighted by molar-refractivity contribution is 0.0897. The average molecular weight is 446 g/mol. The summed E-state index contributed by atoms with van der Waals surface area (Å²) in [6.45, 7) is 2.95. The van der Waals surface area contributed by atoms with E-state index in [2.05, 4.69) is 15.2 Å². The van der Waals surface area contributed by atoms with Gasteiger partial charge in [-0.1, -0.05) is 0 Å². The van der Waals surface area contributed by atoms with Crippen molar-refractivity contribution >= 4 is 22.4 Å². The molecule has 4 rings (SSSR count). The summed E-state index contributed by atoms with van der Waals surface area (Å²) in [5, 5.41) is 17.6. The van der Waals surface area contributed by atoms with Crippen LogP contribution < -0.4 is 9.64 Å². The molecule has 0 aliphatic carbocycles. The van der Waals surface area contributed by atoms with E-state index in [1.54, 1.807) is 6.07 Å². The molecular formula is C22H18F4N4O2. The van der Waals surface area contributed by atoms with Gasteiger partial charge in [-0.3, -0.25) is 5.10 Å². The van der Waals surface area contributed by atoms with E-state index in [0.717, 1.165) is 24.3 Å². The molecule has 0 radical (unpaired) electrons. The Labute approximate surface area is 180 Å². The first-order valence-corrected chi connectivity index (χ1v) is 9.52. The van der Waals surface area contributed by atoms with Crippen molar-refractivity contribution in [2.24, 2.45) is 0 Å². The second kappa shape index (κ2) is 8.12. The number of anilines is 2. The molecule has 0 amide bonds. The van der Waals surface area contributed by atoms with Crippen LogP contribution in [0.5, 0.6) is 11.5 Å². The molecule has 2 heterocycles. The molecule has 2 N–H and O–H groups in total. The van der Waals surface area contributed by atoms with Gasteiger partial charge in [0.2, 0.25) is 0 Å². The van der Waals surface area contributed by atoms with E-state index >= 15 is 4.39 Å². The second-order valence-corrected chi connectivity index (χ2v) is 7.77. The van der Waals surface area contributed by atoms with Crippen molar-refractivity contribution in [3.05, 3.63) is 72.1 Å². The smallest absolute Gasteiger partial charge is 0.168 e. The van der Waals surface area contributed by atoms with E-state index in [1.165, 1.54) is 31.1 Å². The van der Waals surface area contributed by atoms with E-state index in [4.69, 9.17) is 4.74 Å². The Morgan fingerprint density at radius 3 is 2.44 bits per heavy atom. The first kappa shape index (κ1) is 21.6. The Bertz CT molecular complexity index is 1290. The first-order valence-electron chi connectivity index (χ1n) is 9.52. The number of H-pyrrole nitrogens is 1. The third-order valence-electron chi connectivity index (χ3n) is 4.57. The highest BCUT2D eigenvalue weighted by atomic mass is 19.1. The van der Waals surface area contributed by atoms with Crippen LogP contribution in [0, 0.1) is 23.3 Å². The monoisotopic (exact) mass is 446 g/mol. The van der Waals surface area contributed by atoms with Crippen molar-refractivity contribution < 1.29 is 27.4 Å². The molecule has 0 aliphatic heterocycles. The van der Waals surface area contributed by atoms with Gasteiger partial charge in [-0.25, -0.2) is 22.5 Å². The number of nitrogens with zero attached hydrogens (tertiary/aromatic N) is 3. The fourth-order valence-electron chi connectivity index (χ4n) is 3.24. The molecular weight excluding hydrogens is 428 g/mol. The Morgan fingerprint density at radius 1 is 0.969 bits per heavy atom. The van der Waals surface area contributed by atoms with Crippen LogP contribution in [0.1, 0.15) is 13.8 Å². The number of fused-ring (bicyclic) bond motifs is 1. The standard InChI is InChI=1S/C22H18F4N4O2/c1-22(2,31)11-30(17-5-6-27-21-13(17)10-28-29-21)18-8-16(26)20(9-14(18)24)32-19-4-3-12(23)7-15(19)25/h3-10,31H,11H2,1-2H3,(H,27,28,29). The number of pyridine rings is 1. The number of halogens is 4. The summed E-state index contributed by atoms with van der Waals surface area (Å²) in [7, 11) is 0. The normalized spacial score (nSPS) is 11.7. The Kier molecular flexibility index (Phi) is 5.47. The molecule has 10 heteroatoms. The van der Waals surface area contributed by atoms with Gasteiger partial charge in [-0.15, -0.1) is 0 Å². The van der Waals surface area contributed by atoms with Crippen LogP contribution in [-0.2, 0) is 0 Å². The van der Waals surface area contributed by atoms with E-state index in [1.807, 2.05) is 0 Å². The van der Waals surface area contributed by atoms with E-state index in [9.17, 15) is 18.3 Å². The van der Waals surface area contributed by atoms with Gasteiger partial charge in [0.25, 0.3) is 0 Å². The van der Waals surface area contributed by atoms with Crippen LogP contribution in [0.15, 0.2) is 48.8 Å². The summed E-state index contributed by atoms with van der Waals surface area (Å²) in [6.07, 6.45) is 2.95. The largest absolute Gasteiger partial charge is 0.451 e.